The predicted octanol–water partition coefficient (Wildman–Crippen LogP) is 3.90. The molecule has 0 fully saturated rings. The van der Waals surface area contributed by atoms with Gasteiger partial charge in [0.15, 0.2) is 6.54 Å². The number of hydrogen-bond acceptors (Lipinski definition) is 4. The quantitative estimate of drug-likeness (QED) is 0.493. The van der Waals surface area contributed by atoms with Crippen molar-refractivity contribution in [3.63, 3.8) is 0 Å². The lowest BCUT2D eigenvalue weighted by atomic mass is 10.0. The van der Waals surface area contributed by atoms with Crippen LogP contribution < -0.4 is 4.90 Å². The van der Waals surface area contributed by atoms with Crippen LogP contribution in [0.25, 0.3) is 0 Å². The Morgan fingerprint density at radius 3 is 2.74 bits per heavy atom. The van der Waals surface area contributed by atoms with E-state index in [0.29, 0.717) is 23.7 Å². The van der Waals surface area contributed by atoms with Crippen LogP contribution in [-0.2, 0) is 5.72 Å². The molecule has 2 aromatic rings. The topological polar surface area (TPSA) is 69.6 Å². The highest BCUT2D eigenvalue weighted by Gasteiger charge is 2.52. The third-order valence-electron chi connectivity index (χ3n) is 5.37. The van der Waals surface area contributed by atoms with Gasteiger partial charge in [0.25, 0.3) is 17.2 Å². The van der Waals surface area contributed by atoms with Crippen LogP contribution >= 0.6 is 11.6 Å². The second-order valence-corrected chi connectivity index (χ2v) is 7.51. The first-order valence-electron chi connectivity index (χ1n) is 9.13. The summed E-state index contributed by atoms with van der Waals surface area (Å²) in [7, 11) is 0. The molecule has 27 heavy (non-hydrogen) atoms. The number of benzene rings is 2. The largest absolute Gasteiger partial charge is 0.346 e. The molecule has 0 saturated heterocycles. The lowest BCUT2D eigenvalue weighted by molar-refractivity contribution is -0.658. The van der Waals surface area contributed by atoms with Crippen LogP contribution in [0.15, 0.2) is 48.5 Å². The zero-order valence-electron chi connectivity index (χ0n) is 14.8. The van der Waals surface area contributed by atoms with Crippen molar-refractivity contribution >= 4 is 28.8 Å². The number of nitrogens with zero attached hydrogens (tertiary/aromatic N) is 3. The summed E-state index contributed by atoms with van der Waals surface area (Å²) in [5.74, 6) is 1.05. The van der Waals surface area contributed by atoms with E-state index in [4.69, 9.17) is 11.6 Å². The molecule has 0 radical (unpaired) electrons. The van der Waals surface area contributed by atoms with Crippen LogP contribution in [0.2, 0.25) is 5.02 Å². The van der Waals surface area contributed by atoms with Gasteiger partial charge in [-0.15, -0.1) is 0 Å². The van der Waals surface area contributed by atoms with Gasteiger partial charge in [0.05, 0.1) is 11.5 Å². The number of halogens is 1. The predicted molar refractivity (Wildman–Crippen MR) is 104 cm³/mol. The minimum Gasteiger partial charge on any atom is -0.346 e. The zero-order valence-corrected chi connectivity index (χ0v) is 15.6. The van der Waals surface area contributed by atoms with Crippen molar-refractivity contribution in [2.45, 2.75) is 31.4 Å². The molecule has 0 spiro atoms. The molecular formula is C20H21ClN3O3+. The summed E-state index contributed by atoms with van der Waals surface area (Å²) < 4.78 is 2.01. The number of nitro groups is 1. The third-order valence-corrected chi connectivity index (χ3v) is 5.60. The second-order valence-electron chi connectivity index (χ2n) is 7.07. The van der Waals surface area contributed by atoms with Gasteiger partial charge in [0, 0.05) is 35.2 Å². The summed E-state index contributed by atoms with van der Waals surface area (Å²) in [6.07, 6.45) is 3.97. The Bertz CT molecular complexity index is 930. The van der Waals surface area contributed by atoms with Crippen LogP contribution in [0, 0.1) is 10.1 Å². The molecule has 0 aromatic heterocycles. The van der Waals surface area contributed by atoms with Gasteiger partial charge >= 0.3 is 0 Å². The van der Waals surface area contributed by atoms with E-state index in [-0.39, 0.29) is 5.69 Å². The van der Waals surface area contributed by atoms with Gasteiger partial charge in [-0.2, -0.15) is 0 Å². The van der Waals surface area contributed by atoms with E-state index < -0.39 is 10.6 Å². The Hall–Kier alpha value is -2.44. The molecule has 2 aromatic carbocycles. The molecule has 7 heteroatoms. The van der Waals surface area contributed by atoms with Gasteiger partial charge < -0.3 is 5.11 Å². The SMILES string of the molecule is O=[N+]([O-])c1cccc(C2(O)CN(c3cccc(Cl)c3)C3=[N+]2CCCCC3)c1. The molecule has 0 bridgehead atoms. The number of non-ortho nitro benzene ring substituents is 1. The van der Waals surface area contributed by atoms with Crippen molar-refractivity contribution < 1.29 is 14.6 Å². The monoisotopic (exact) mass is 386 g/mol. The van der Waals surface area contributed by atoms with E-state index in [2.05, 4.69) is 4.90 Å². The maximum Gasteiger partial charge on any atom is 0.271 e. The van der Waals surface area contributed by atoms with Crippen molar-refractivity contribution in [2.24, 2.45) is 0 Å². The Kier molecular flexibility index (Phi) is 4.61. The van der Waals surface area contributed by atoms with E-state index in [1.165, 1.54) is 12.1 Å². The molecule has 0 amide bonds. The lowest BCUT2D eigenvalue weighted by Gasteiger charge is -2.23. The number of hydrogen-bond donors (Lipinski definition) is 1. The van der Waals surface area contributed by atoms with E-state index in [1.807, 2.05) is 28.8 Å². The van der Waals surface area contributed by atoms with Crippen LogP contribution in [-0.4, -0.2) is 33.5 Å². The summed E-state index contributed by atoms with van der Waals surface area (Å²) >= 11 is 6.19. The van der Waals surface area contributed by atoms with E-state index in [1.54, 1.807) is 12.1 Å². The van der Waals surface area contributed by atoms with Crippen LogP contribution in [0.5, 0.6) is 0 Å². The van der Waals surface area contributed by atoms with Crippen molar-refractivity contribution in [3.05, 3.63) is 69.2 Å². The van der Waals surface area contributed by atoms with Crippen LogP contribution in [0.1, 0.15) is 31.2 Å². The average molecular weight is 387 g/mol. The molecular weight excluding hydrogens is 366 g/mol. The highest BCUT2D eigenvalue weighted by molar-refractivity contribution is 6.30. The summed E-state index contributed by atoms with van der Waals surface area (Å²) in [5, 5.41) is 23.5. The fraction of sp³-hybridized carbons (Fsp3) is 0.350. The first-order valence-corrected chi connectivity index (χ1v) is 9.51. The van der Waals surface area contributed by atoms with Crippen molar-refractivity contribution in [3.8, 4) is 0 Å². The molecule has 1 N–H and O–H groups in total. The Balaban J connectivity index is 1.82. The van der Waals surface area contributed by atoms with Gasteiger partial charge in [-0.25, -0.2) is 9.48 Å². The zero-order chi connectivity index (χ0) is 19.0. The molecule has 2 aliphatic heterocycles. The molecule has 2 heterocycles. The maximum absolute atomic E-state index is 11.7. The molecule has 4 rings (SSSR count). The number of amidine groups is 1. The Morgan fingerprint density at radius 2 is 1.96 bits per heavy atom. The average Bonchev–Trinajstić information content (AvgIpc) is 2.82. The van der Waals surface area contributed by atoms with Crippen LogP contribution in [0.3, 0.4) is 0 Å². The van der Waals surface area contributed by atoms with Crippen LogP contribution in [0.4, 0.5) is 11.4 Å². The Morgan fingerprint density at radius 1 is 1.15 bits per heavy atom. The number of β-amino-alcohol motifs (C(OH)–C–C–N with tert-alkyl or cyclic N) is 1. The number of nitro benzene ring substituents is 1. The fourth-order valence-corrected chi connectivity index (χ4v) is 4.25. The molecule has 1 unspecified atom stereocenters. The molecule has 140 valence electrons. The van der Waals surface area contributed by atoms with E-state index in [9.17, 15) is 15.2 Å². The van der Waals surface area contributed by atoms with Gasteiger partial charge in [-0.3, -0.25) is 10.1 Å². The highest BCUT2D eigenvalue weighted by Crippen LogP contribution is 2.36. The number of rotatable bonds is 3. The first-order chi connectivity index (χ1) is 13.0. The summed E-state index contributed by atoms with van der Waals surface area (Å²) in [4.78, 5) is 12.9. The molecule has 2 aliphatic rings. The van der Waals surface area contributed by atoms with Gasteiger partial charge in [0.2, 0.25) is 0 Å². The highest BCUT2D eigenvalue weighted by atomic mass is 35.5. The second kappa shape index (κ2) is 6.94. The van der Waals surface area contributed by atoms with Crippen molar-refractivity contribution in [2.75, 3.05) is 18.0 Å². The van der Waals surface area contributed by atoms with E-state index in [0.717, 1.165) is 37.2 Å². The molecule has 0 aliphatic carbocycles. The standard InChI is InChI=1S/C20H21ClN3O3/c21-16-7-5-8-17(13-16)22-14-20(25,23-11-3-1-2-10-19(22)23)15-6-4-9-18(12-15)24(26)27/h4-9,12-13,25H,1-3,10-11,14H2/q+1. The maximum atomic E-state index is 11.7. The van der Waals surface area contributed by atoms with Gasteiger partial charge in [0.1, 0.15) is 5.69 Å². The summed E-state index contributed by atoms with van der Waals surface area (Å²) in [5.41, 5.74) is 0.137. The van der Waals surface area contributed by atoms with E-state index >= 15 is 0 Å². The lowest BCUT2D eigenvalue weighted by Crippen LogP contribution is -2.41. The minimum atomic E-state index is -1.31. The van der Waals surface area contributed by atoms with Gasteiger partial charge in [-0.05, 0) is 31.4 Å². The molecule has 0 saturated carbocycles. The third kappa shape index (κ3) is 3.19. The summed E-state index contributed by atoms with van der Waals surface area (Å²) in [6, 6.07) is 13.9. The van der Waals surface area contributed by atoms with Gasteiger partial charge in [-0.1, -0.05) is 29.8 Å². The van der Waals surface area contributed by atoms with Crippen molar-refractivity contribution in [1.82, 2.24) is 0 Å². The number of anilines is 1. The number of aliphatic hydroxyl groups is 1. The van der Waals surface area contributed by atoms with Crippen molar-refractivity contribution in [1.29, 1.82) is 0 Å². The fourth-order valence-electron chi connectivity index (χ4n) is 4.07. The summed E-state index contributed by atoms with van der Waals surface area (Å²) in [6.45, 7) is 1.02. The smallest absolute Gasteiger partial charge is 0.271 e. The minimum absolute atomic E-state index is 0.0153. The molecule has 1 atom stereocenters. The Labute approximate surface area is 162 Å². The molecule has 6 nitrogen and oxygen atoms in total. The normalized spacial score (nSPS) is 22.5. The first kappa shape index (κ1) is 17.9.